The van der Waals surface area contributed by atoms with Gasteiger partial charge in [-0.3, -0.25) is 0 Å². The van der Waals surface area contributed by atoms with Gasteiger partial charge in [0.2, 0.25) is 0 Å². The van der Waals surface area contributed by atoms with Crippen LogP contribution in [-0.2, 0) is 4.74 Å². The Balaban J connectivity index is 2.06. The van der Waals surface area contributed by atoms with Crippen LogP contribution in [0.4, 0.5) is 0 Å². The molecule has 1 fully saturated rings. The van der Waals surface area contributed by atoms with Crippen molar-refractivity contribution >= 4 is 0 Å². The maximum Gasteiger partial charge on any atom is 0.0727 e. The largest absolute Gasteiger partial charge is 0.380 e. The fourth-order valence-corrected chi connectivity index (χ4v) is 2.45. The van der Waals surface area contributed by atoms with Gasteiger partial charge in [-0.15, -0.1) is 0 Å². The van der Waals surface area contributed by atoms with Crippen LogP contribution in [0.3, 0.4) is 0 Å². The van der Waals surface area contributed by atoms with Crippen LogP contribution in [0.25, 0.3) is 0 Å². The molecular formula is C13H19NO. The van der Waals surface area contributed by atoms with E-state index in [1.165, 1.54) is 12.0 Å². The van der Waals surface area contributed by atoms with Crippen molar-refractivity contribution in [1.82, 2.24) is 0 Å². The lowest BCUT2D eigenvalue weighted by Crippen LogP contribution is -2.40. The molecule has 2 rings (SSSR count). The van der Waals surface area contributed by atoms with Gasteiger partial charge in [0.1, 0.15) is 0 Å². The van der Waals surface area contributed by atoms with Gasteiger partial charge in [0.05, 0.1) is 6.10 Å². The standard InChI is InChI=1S/C13H19NO/c1-15-13-9-11(7-8-12(13)14)10-5-3-2-4-6-10/h2-6,11-13H,7-9,14H2,1H3/t11-,12+,13+/m0/s1. The minimum atomic E-state index is 0.218. The number of rotatable bonds is 2. The van der Waals surface area contributed by atoms with Crippen molar-refractivity contribution in [3.8, 4) is 0 Å². The average Bonchev–Trinajstić information content (AvgIpc) is 2.31. The molecule has 2 heteroatoms. The van der Waals surface area contributed by atoms with Gasteiger partial charge in [-0.05, 0) is 30.7 Å². The Morgan fingerprint density at radius 2 is 1.93 bits per heavy atom. The van der Waals surface area contributed by atoms with E-state index in [0.717, 1.165) is 12.8 Å². The number of hydrogen-bond acceptors (Lipinski definition) is 2. The van der Waals surface area contributed by atoms with Crippen LogP contribution >= 0.6 is 0 Å². The van der Waals surface area contributed by atoms with Gasteiger partial charge in [0, 0.05) is 13.2 Å². The second-order valence-electron chi connectivity index (χ2n) is 4.36. The van der Waals surface area contributed by atoms with Gasteiger partial charge in [-0.2, -0.15) is 0 Å². The molecule has 0 aromatic heterocycles. The highest BCUT2D eigenvalue weighted by Crippen LogP contribution is 2.33. The minimum Gasteiger partial charge on any atom is -0.380 e. The van der Waals surface area contributed by atoms with E-state index >= 15 is 0 Å². The molecule has 0 bridgehead atoms. The first kappa shape index (κ1) is 10.7. The zero-order valence-electron chi connectivity index (χ0n) is 9.23. The summed E-state index contributed by atoms with van der Waals surface area (Å²) in [5, 5.41) is 0. The monoisotopic (exact) mass is 205 g/mol. The Hall–Kier alpha value is -0.860. The Kier molecular flexibility index (Phi) is 3.39. The van der Waals surface area contributed by atoms with E-state index in [-0.39, 0.29) is 12.1 Å². The molecule has 82 valence electrons. The number of hydrogen-bond donors (Lipinski definition) is 1. The smallest absolute Gasteiger partial charge is 0.0727 e. The molecule has 0 saturated heterocycles. The second-order valence-corrected chi connectivity index (χ2v) is 4.36. The van der Waals surface area contributed by atoms with Crippen LogP contribution in [0.15, 0.2) is 30.3 Å². The van der Waals surface area contributed by atoms with E-state index in [2.05, 4.69) is 30.3 Å². The molecule has 1 saturated carbocycles. The fourth-order valence-electron chi connectivity index (χ4n) is 2.45. The maximum absolute atomic E-state index is 6.00. The topological polar surface area (TPSA) is 35.2 Å². The first-order chi connectivity index (χ1) is 7.31. The first-order valence-corrected chi connectivity index (χ1v) is 5.64. The van der Waals surface area contributed by atoms with Crippen molar-refractivity contribution in [2.24, 2.45) is 5.73 Å². The van der Waals surface area contributed by atoms with Gasteiger partial charge in [0.25, 0.3) is 0 Å². The van der Waals surface area contributed by atoms with Crippen molar-refractivity contribution in [3.63, 3.8) is 0 Å². The minimum absolute atomic E-state index is 0.218. The highest BCUT2D eigenvalue weighted by molar-refractivity contribution is 5.20. The second kappa shape index (κ2) is 4.77. The van der Waals surface area contributed by atoms with Gasteiger partial charge < -0.3 is 10.5 Å². The lowest BCUT2D eigenvalue weighted by molar-refractivity contribution is 0.0472. The summed E-state index contributed by atoms with van der Waals surface area (Å²) in [6.45, 7) is 0. The molecule has 3 atom stereocenters. The fraction of sp³-hybridized carbons (Fsp3) is 0.538. The van der Waals surface area contributed by atoms with Gasteiger partial charge in [0.15, 0.2) is 0 Å². The summed E-state index contributed by atoms with van der Waals surface area (Å²) in [7, 11) is 1.76. The number of benzene rings is 1. The van der Waals surface area contributed by atoms with Crippen LogP contribution in [-0.4, -0.2) is 19.3 Å². The summed E-state index contributed by atoms with van der Waals surface area (Å²) in [5.74, 6) is 0.621. The molecule has 1 aromatic rings. The molecule has 1 aliphatic rings. The zero-order valence-corrected chi connectivity index (χ0v) is 9.23. The average molecular weight is 205 g/mol. The van der Waals surface area contributed by atoms with Crippen molar-refractivity contribution in [1.29, 1.82) is 0 Å². The SMILES string of the molecule is CO[C@@H]1C[C@@H](c2ccccc2)CC[C@H]1N. The summed E-state index contributed by atoms with van der Waals surface area (Å²) < 4.78 is 5.43. The van der Waals surface area contributed by atoms with Crippen LogP contribution in [0.5, 0.6) is 0 Å². The van der Waals surface area contributed by atoms with Crippen LogP contribution in [0.2, 0.25) is 0 Å². The third-order valence-corrected chi connectivity index (χ3v) is 3.42. The van der Waals surface area contributed by atoms with Crippen molar-refractivity contribution in [3.05, 3.63) is 35.9 Å². The molecule has 0 unspecified atom stereocenters. The molecule has 2 nitrogen and oxygen atoms in total. The Bertz CT molecular complexity index is 299. The lowest BCUT2D eigenvalue weighted by atomic mass is 9.80. The van der Waals surface area contributed by atoms with Gasteiger partial charge in [-0.25, -0.2) is 0 Å². The summed E-state index contributed by atoms with van der Waals surface area (Å²) in [5.41, 5.74) is 7.43. The molecule has 0 amide bonds. The van der Waals surface area contributed by atoms with E-state index in [9.17, 15) is 0 Å². The highest BCUT2D eigenvalue weighted by atomic mass is 16.5. The Morgan fingerprint density at radius 3 is 2.60 bits per heavy atom. The summed E-state index contributed by atoms with van der Waals surface area (Å²) >= 11 is 0. The summed E-state index contributed by atoms with van der Waals surface area (Å²) in [6, 6.07) is 10.9. The number of nitrogens with two attached hydrogens (primary N) is 1. The zero-order chi connectivity index (χ0) is 10.7. The quantitative estimate of drug-likeness (QED) is 0.804. The molecule has 0 aliphatic heterocycles. The number of ether oxygens (including phenoxy) is 1. The predicted octanol–water partition coefficient (Wildman–Crippen LogP) is 2.30. The van der Waals surface area contributed by atoms with Crippen molar-refractivity contribution < 1.29 is 4.74 Å². The summed E-state index contributed by atoms with van der Waals surface area (Å²) in [4.78, 5) is 0. The third-order valence-electron chi connectivity index (χ3n) is 3.42. The molecule has 0 heterocycles. The summed E-state index contributed by atoms with van der Waals surface area (Å²) in [6.07, 6.45) is 3.54. The Labute approximate surface area is 91.4 Å². The Morgan fingerprint density at radius 1 is 1.20 bits per heavy atom. The van der Waals surface area contributed by atoms with Crippen LogP contribution in [0, 0.1) is 0 Å². The number of methoxy groups -OCH3 is 1. The van der Waals surface area contributed by atoms with E-state index < -0.39 is 0 Å². The molecule has 1 aliphatic carbocycles. The van der Waals surface area contributed by atoms with Crippen molar-refractivity contribution in [2.45, 2.75) is 37.3 Å². The molecule has 15 heavy (non-hydrogen) atoms. The third kappa shape index (κ3) is 2.39. The van der Waals surface area contributed by atoms with Crippen LogP contribution in [0.1, 0.15) is 30.7 Å². The van der Waals surface area contributed by atoms with Crippen molar-refractivity contribution in [2.75, 3.05) is 7.11 Å². The first-order valence-electron chi connectivity index (χ1n) is 5.64. The molecule has 0 radical (unpaired) electrons. The maximum atomic E-state index is 6.00. The van der Waals surface area contributed by atoms with E-state index in [1.807, 2.05) is 0 Å². The molecular weight excluding hydrogens is 186 g/mol. The van der Waals surface area contributed by atoms with E-state index in [4.69, 9.17) is 10.5 Å². The molecule has 1 aromatic carbocycles. The lowest BCUT2D eigenvalue weighted by Gasteiger charge is -2.33. The van der Waals surface area contributed by atoms with E-state index in [0.29, 0.717) is 5.92 Å². The molecule has 2 N–H and O–H groups in total. The van der Waals surface area contributed by atoms with Gasteiger partial charge >= 0.3 is 0 Å². The van der Waals surface area contributed by atoms with Gasteiger partial charge in [-0.1, -0.05) is 30.3 Å². The van der Waals surface area contributed by atoms with Crippen LogP contribution < -0.4 is 5.73 Å². The normalized spacial score (nSPS) is 31.5. The van der Waals surface area contributed by atoms with E-state index in [1.54, 1.807) is 7.11 Å². The highest BCUT2D eigenvalue weighted by Gasteiger charge is 2.28. The predicted molar refractivity (Wildman–Crippen MR) is 61.8 cm³/mol. The molecule has 0 spiro atoms.